The number of ether oxygens (including phenoxy) is 1. The van der Waals surface area contributed by atoms with Crippen molar-refractivity contribution in [3.63, 3.8) is 0 Å². The molecule has 3 saturated heterocycles. The molecule has 0 N–H and O–H groups in total. The number of aromatic nitrogens is 2. The molecule has 3 aliphatic heterocycles. The zero-order chi connectivity index (χ0) is 21.1. The molecular formula is C21H31N5O4. The summed E-state index contributed by atoms with van der Waals surface area (Å²) in [4.78, 5) is 43.4. The van der Waals surface area contributed by atoms with Gasteiger partial charge in [0, 0.05) is 71.0 Å². The Kier molecular flexibility index (Phi) is 6.48. The van der Waals surface area contributed by atoms with Crippen molar-refractivity contribution in [1.29, 1.82) is 0 Å². The first-order valence-electron chi connectivity index (χ1n) is 10.9. The molecule has 4 heterocycles. The fourth-order valence-electron chi connectivity index (χ4n) is 4.64. The molecule has 1 unspecified atom stereocenters. The Bertz CT molecular complexity index is 827. The van der Waals surface area contributed by atoms with Crippen LogP contribution in [0.3, 0.4) is 0 Å². The Balaban J connectivity index is 1.25. The van der Waals surface area contributed by atoms with Gasteiger partial charge in [-0.05, 0) is 25.8 Å². The van der Waals surface area contributed by atoms with Crippen molar-refractivity contribution in [2.45, 2.75) is 38.8 Å². The number of piperazine rings is 1. The van der Waals surface area contributed by atoms with E-state index in [-0.39, 0.29) is 29.3 Å². The summed E-state index contributed by atoms with van der Waals surface area (Å²) < 4.78 is 6.90. The van der Waals surface area contributed by atoms with Gasteiger partial charge in [0.25, 0.3) is 5.56 Å². The van der Waals surface area contributed by atoms with Crippen LogP contribution in [0.2, 0.25) is 0 Å². The van der Waals surface area contributed by atoms with Crippen LogP contribution in [0.1, 0.15) is 25.0 Å². The van der Waals surface area contributed by atoms with Gasteiger partial charge in [0.15, 0.2) is 0 Å². The minimum absolute atomic E-state index is 0.0885. The van der Waals surface area contributed by atoms with Gasteiger partial charge in [-0.3, -0.25) is 19.3 Å². The molecule has 3 fully saturated rings. The molecule has 1 aromatic heterocycles. The summed E-state index contributed by atoms with van der Waals surface area (Å²) in [6, 6.07) is 3.49. The first kappa shape index (κ1) is 21.0. The number of rotatable bonds is 5. The summed E-state index contributed by atoms with van der Waals surface area (Å²) in [5.74, 6) is -0.00826. The van der Waals surface area contributed by atoms with Crippen LogP contribution < -0.4 is 5.56 Å². The SMILES string of the molecule is Cc1ccc(=O)n(CCN2CCN(C(=O)C3CC(=O)N(C4CCOCC4)C3)CC2)n1. The summed E-state index contributed by atoms with van der Waals surface area (Å²) in [6.07, 6.45) is 2.06. The molecule has 164 valence electrons. The van der Waals surface area contributed by atoms with Gasteiger partial charge in [0.1, 0.15) is 0 Å². The summed E-state index contributed by atoms with van der Waals surface area (Å²) in [6.45, 7) is 7.96. The number of likely N-dealkylation sites (tertiary alicyclic amines) is 1. The number of hydrogen-bond acceptors (Lipinski definition) is 6. The lowest BCUT2D eigenvalue weighted by Crippen LogP contribution is -2.51. The summed E-state index contributed by atoms with van der Waals surface area (Å²) in [7, 11) is 0. The third-order valence-corrected chi connectivity index (χ3v) is 6.45. The summed E-state index contributed by atoms with van der Waals surface area (Å²) in [5.41, 5.74) is 0.736. The monoisotopic (exact) mass is 417 g/mol. The molecule has 1 aromatic rings. The minimum atomic E-state index is -0.220. The number of nitrogens with zero attached hydrogens (tertiary/aromatic N) is 5. The predicted octanol–water partition coefficient (Wildman–Crippen LogP) is -0.277. The van der Waals surface area contributed by atoms with Gasteiger partial charge in [0.05, 0.1) is 18.2 Å². The van der Waals surface area contributed by atoms with E-state index in [0.717, 1.165) is 38.2 Å². The maximum Gasteiger partial charge on any atom is 0.266 e. The van der Waals surface area contributed by atoms with E-state index in [4.69, 9.17) is 4.74 Å². The molecule has 0 radical (unpaired) electrons. The number of hydrogen-bond donors (Lipinski definition) is 0. The molecular weight excluding hydrogens is 386 g/mol. The van der Waals surface area contributed by atoms with Crippen molar-refractivity contribution in [2.24, 2.45) is 5.92 Å². The van der Waals surface area contributed by atoms with Gasteiger partial charge < -0.3 is 14.5 Å². The normalized spacial score (nSPS) is 23.9. The van der Waals surface area contributed by atoms with Crippen LogP contribution in [0.4, 0.5) is 0 Å². The quantitative estimate of drug-likeness (QED) is 0.655. The molecule has 0 bridgehead atoms. The van der Waals surface area contributed by atoms with Crippen molar-refractivity contribution in [3.8, 4) is 0 Å². The number of aryl methyl sites for hydroxylation is 1. The maximum absolute atomic E-state index is 13.0. The van der Waals surface area contributed by atoms with Crippen LogP contribution in [0, 0.1) is 12.8 Å². The molecule has 2 amide bonds. The lowest BCUT2D eigenvalue weighted by atomic mass is 10.1. The average Bonchev–Trinajstić information content (AvgIpc) is 3.16. The Morgan fingerprint density at radius 3 is 2.57 bits per heavy atom. The Hall–Kier alpha value is -2.26. The molecule has 0 spiro atoms. The third-order valence-electron chi connectivity index (χ3n) is 6.45. The predicted molar refractivity (Wildman–Crippen MR) is 110 cm³/mol. The molecule has 0 aromatic carbocycles. The van der Waals surface area contributed by atoms with E-state index in [1.54, 1.807) is 12.1 Å². The highest BCUT2D eigenvalue weighted by Crippen LogP contribution is 2.26. The fourth-order valence-corrected chi connectivity index (χ4v) is 4.64. The lowest BCUT2D eigenvalue weighted by Gasteiger charge is -2.36. The van der Waals surface area contributed by atoms with E-state index >= 15 is 0 Å². The minimum Gasteiger partial charge on any atom is -0.381 e. The maximum atomic E-state index is 13.0. The van der Waals surface area contributed by atoms with E-state index in [0.29, 0.717) is 45.8 Å². The zero-order valence-electron chi connectivity index (χ0n) is 17.7. The molecule has 1 atom stereocenters. The molecule has 0 aliphatic carbocycles. The van der Waals surface area contributed by atoms with E-state index in [9.17, 15) is 14.4 Å². The van der Waals surface area contributed by atoms with Crippen LogP contribution in [0.15, 0.2) is 16.9 Å². The second kappa shape index (κ2) is 9.26. The summed E-state index contributed by atoms with van der Waals surface area (Å²) >= 11 is 0. The summed E-state index contributed by atoms with van der Waals surface area (Å²) in [5, 5.41) is 4.27. The lowest BCUT2D eigenvalue weighted by molar-refractivity contribution is -0.137. The second-order valence-electron chi connectivity index (χ2n) is 8.49. The van der Waals surface area contributed by atoms with Crippen molar-refractivity contribution in [1.82, 2.24) is 24.5 Å². The number of amides is 2. The van der Waals surface area contributed by atoms with Crippen molar-refractivity contribution < 1.29 is 14.3 Å². The molecule has 4 rings (SSSR count). The topological polar surface area (TPSA) is 88.0 Å². The van der Waals surface area contributed by atoms with Crippen molar-refractivity contribution >= 4 is 11.8 Å². The van der Waals surface area contributed by atoms with Crippen LogP contribution >= 0.6 is 0 Å². The van der Waals surface area contributed by atoms with Crippen LogP contribution in [0.5, 0.6) is 0 Å². The highest BCUT2D eigenvalue weighted by molar-refractivity contribution is 5.89. The molecule has 0 saturated carbocycles. The highest BCUT2D eigenvalue weighted by atomic mass is 16.5. The van der Waals surface area contributed by atoms with Gasteiger partial charge in [-0.15, -0.1) is 0 Å². The number of carbonyl (C=O) groups excluding carboxylic acids is 2. The highest BCUT2D eigenvalue weighted by Gasteiger charge is 2.40. The molecule has 30 heavy (non-hydrogen) atoms. The van der Waals surface area contributed by atoms with E-state index < -0.39 is 0 Å². The zero-order valence-corrected chi connectivity index (χ0v) is 17.7. The first-order valence-corrected chi connectivity index (χ1v) is 10.9. The van der Waals surface area contributed by atoms with E-state index in [1.807, 2.05) is 16.7 Å². The fraction of sp³-hybridized carbons (Fsp3) is 0.714. The van der Waals surface area contributed by atoms with Gasteiger partial charge in [-0.1, -0.05) is 0 Å². The van der Waals surface area contributed by atoms with Crippen molar-refractivity contribution in [3.05, 3.63) is 28.2 Å². The van der Waals surface area contributed by atoms with Crippen LogP contribution in [-0.2, 0) is 20.9 Å². The van der Waals surface area contributed by atoms with Gasteiger partial charge >= 0.3 is 0 Å². The van der Waals surface area contributed by atoms with Crippen molar-refractivity contribution in [2.75, 3.05) is 52.5 Å². The molecule has 9 nitrogen and oxygen atoms in total. The number of carbonyl (C=O) groups is 2. The van der Waals surface area contributed by atoms with E-state index in [1.165, 1.54) is 4.68 Å². The van der Waals surface area contributed by atoms with E-state index in [2.05, 4.69) is 10.00 Å². The molecule has 3 aliphatic rings. The Morgan fingerprint density at radius 1 is 1.10 bits per heavy atom. The van der Waals surface area contributed by atoms with Gasteiger partial charge in [-0.25, -0.2) is 4.68 Å². The average molecular weight is 418 g/mol. The Labute approximate surface area is 176 Å². The van der Waals surface area contributed by atoms with Crippen LogP contribution in [-0.4, -0.2) is 94.8 Å². The van der Waals surface area contributed by atoms with Gasteiger partial charge in [-0.2, -0.15) is 5.10 Å². The second-order valence-corrected chi connectivity index (χ2v) is 8.49. The first-order chi connectivity index (χ1) is 14.5. The largest absolute Gasteiger partial charge is 0.381 e. The standard InChI is InChI=1S/C21H31N5O4/c1-16-2-3-19(27)26(22-16)11-8-23-6-9-24(10-7-23)21(29)17-14-20(28)25(15-17)18-4-12-30-13-5-18/h2-3,17-18H,4-15H2,1H3. The Morgan fingerprint density at radius 2 is 1.83 bits per heavy atom. The molecule has 9 heteroatoms. The third kappa shape index (κ3) is 4.73. The smallest absolute Gasteiger partial charge is 0.266 e. The van der Waals surface area contributed by atoms with Gasteiger partial charge in [0.2, 0.25) is 11.8 Å². The van der Waals surface area contributed by atoms with Crippen LogP contribution in [0.25, 0.3) is 0 Å².